The number of hydrogen-bond donors (Lipinski definition) is 0. The number of ketones is 1. The lowest BCUT2D eigenvalue weighted by Crippen LogP contribution is -2.28. The van der Waals surface area contributed by atoms with E-state index in [1.54, 1.807) is 49.4 Å². The van der Waals surface area contributed by atoms with E-state index in [4.69, 9.17) is 4.74 Å². The third-order valence-electron chi connectivity index (χ3n) is 3.41. The van der Waals surface area contributed by atoms with E-state index < -0.39 is 22.2 Å². The summed E-state index contributed by atoms with van der Waals surface area (Å²) in [6.45, 7) is 3.20. The maximum Gasteiger partial charge on any atom is 0.319 e. The van der Waals surface area contributed by atoms with Crippen molar-refractivity contribution in [3.05, 3.63) is 70.3 Å². The summed E-state index contributed by atoms with van der Waals surface area (Å²) in [7, 11) is 0. The molecule has 0 bridgehead atoms. The van der Waals surface area contributed by atoms with Gasteiger partial charge in [0.1, 0.15) is 5.25 Å². The highest BCUT2D eigenvalue weighted by atomic mass is 32.2. The Morgan fingerprint density at radius 2 is 1.64 bits per heavy atom. The van der Waals surface area contributed by atoms with Gasteiger partial charge in [0.25, 0.3) is 5.69 Å². The second-order valence-corrected chi connectivity index (χ2v) is 6.73. The summed E-state index contributed by atoms with van der Waals surface area (Å²) in [5.41, 5.74) is 0.472. The Kier molecular flexibility index (Phi) is 6.30. The number of nitro groups is 1. The van der Waals surface area contributed by atoms with E-state index in [0.29, 0.717) is 10.5 Å². The fraction of sp³-hybridized carbons (Fsp3) is 0.222. The number of nitro benzene ring substituents is 1. The molecule has 130 valence electrons. The third-order valence-corrected chi connectivity index (χ3v) is 4.50. The SMILES string of the molecule is CC(OC(=O)C(C)Sc1ccc([N+](=O)[O-])cc1)C(=O)c1ccccc1. The van der Waals surface area contributed by atoms with Crippen LogP contribution in [0, 0.1) is 10.1 Å². The highest BCUT2D eigenvalue weighted by Gasteiger charge is 2.23. The molecule has 2 atom stereocenters. The zero-order chi connectivity index (χ0) is 18.4. The Labute approximate surface area is 149 Å². The van der Waals surface area contributed by atoms with Crippen LogP contribution < -0.4 is 0 Å². The number of esters is 1. The summed E-state index contributed by atoms with van der Waals surface area (Å²) in [4.78, 5) is 35.2. The van der Waals surface area contributed by atoms with Crippen LogP contribution in [0.2, 0.25) is 0 Å². The first-order valence-electron chi connectivity index (χ1n) is 7.59. The Balaban J connectivity index is 1.93. The molecule has 0 fully saturated rings. The maximum atomic E-state index is 12.2. The Hall–Kier alpha value is -2.67. The van der Waals surface area contributed by atoms with E-state index >= 15 is 0 Å². The van der Waals surface area contributed by atoms with Crippen molar-refractivity contribution in [1.29, 1.82) is 0 Å². The molecule has 0 saturated carbocycles. The molecule has 25 heavy (non-hydrogen) atoms. The van der Waals surface area contributed by atoms with Gasteiger partial charge in [-0.15, -0.1) is 11.8 Å². The largest absolute Gasteiger partial charge is 0.453 e. The lowest BCUT2D eigenvalue weighted by molar-refractivity contribution is -0.384. The Bertz CT molecular complexity index is 761. The van der Waals surface area contributed by atoms with Gasteiger partial charge in [0.05, 0.1) is 4.92 Å². The number of benzene rings is 2. The predicted molar refractivity (Wildman–Crippen MR) is 94.7 cm³/mol. The molecule has 0 aliphatic rings. The zero-order valence-electron chi connectivity index (χ0n) is 13.7. The molecular formula is C18H17NO5S. The fourth-order valence-electron chi connectivity index (χ4n) is 2.06. The molecule has 6 nitrogen and oxygen atoms in total. The summed E-state index contributed by atoms with van der Waals surface area (Å²) >= 11 is 1.21. The molecule has 2 aromatic rings. The average Bonchev–Trinajstić information content (AvgIpc) is 2.62. The van der Waals surface area contributed by atoms with Crippen molar-refractivity contribution in [2.45, 2.75) is 30.1 Å². The van der Waals surface area contributed by atoms with E-state index in [-0.39, 0.29) is 11.5 Å². The van der Waals surface area contributed by atoms with Crippen molar-refractivity contribution < 1.29 is 19.2 Å². The van der Waals surface area contributed by atoms with E-state index in [9.17, 15) is 19.7 Å². The molecule has 0 saturated heterocycles. The zero-order valence-corrected chi connectivity index (χ0v) is 14.6. The van der Waals surface area contributed by atoms with Crippen LogP contribution in [0.3, 0.4) is 0 Å². The number of carbonyl (C=O) groups is 2. The number of nitrogens with zero attached hydrogens (tertiary/aromatic N) is 1. The molecule has 0 radical (unpaired) electrons. The van der Waals surface area contributed by atoms with Crippen LogP contribution in [0.4, 0.5) is 5.69 Å². The van der Waals surface area contributed by atoms with Gasteiger partial charge in [-0.2, -0.15) is 0 Å². The summed E-state index contributed by atoms with van der Waals surface area (Å²) in [5, 5.41) is 10.1. The van der Waals surface area contributed by atoms with Crippen molar-refractivity contribution in [2.24, 2.45) is 0 Å². The minimum absolute atomic E-state index is 0.0124. The summed E-state index contributed by atoms with van der Waals surface area (Å²) in [6.07, 6.45) is -0.880. The molecule has 0 amide bonds. The van der Waals surface area contributed by atoms with E-state index in [0.717, 1.165) is 0 Å². The standard InChI is InChI=1S/C18H17NO5S/c1-12(17(20)14-6-4-3-5-7-14)24-18(21)13(2)25-16-10-8-15(9-11-16)19(22)23/h3-13H,1-2H3. The summed E-state index contributed by atoms with van der Waals surface area (Å²) < 4.78 is 5.24. The van der Waals surface area contributed by atoms with Crippen molar-refractivity contribution in [1.82, 2.24) is 0 Å². The smallest absolute Gasteiger partial charge is 0.319 e. The van der Waals surface area contributed by atoms with Gasteiger partial charge in [-0.25, -0.2) is 0 Å². The van der Waals surface area contributed by atoms with Crippen molar-refractivity contribution >= 4 is 29.2 Å². The molecule has 7 heteroatoms. The van der Waals surface area contributed by atoms with Crippen molar-refractivity contribution in [2.75, 3.05) is 0 Å². The second kappa shape index (κ2) is 8.43. The number of Topliss-reactive ketones (excluding diaryl/α,β-unsaturated/α-hetero) is 1. The maximum absolute atomic E-state index is 12.2. The molecule has 0 aliphatic carbocycles. The van der Waals surface area contributed by atoms with Gasteiger partial charge in [-0.3, -0.25) is 19.7 Å². The van der Waals surface area contributed by atoms with Crippen LogP contribution in [-0.4, -0.2) is 28.0 Å². The molecule has 0 aromatic heterocycles. The first-order chi connectivity index (χ1) is 11.9. The van der Waals surface area contributed by atoms with Crippen LogP contribution in [0.1, 0.15) is 24.2 Å². The minimum Gasteiger partial charge on any atom is -0.453 e. The highest BCUT2D eigenvalue weighted by molar-refractivity contribution is 8.00. The van der Waals surface area contributed by atoms with Crippen molar-refractivity contribution in [3.8, 4) is 0 Å². The summed E-state index contributed by atoms with van der Waals surface area (Å²) in [5.74, 6) is -0.776. The predicted octanol–water partition coefficient (Wildman–Crippen LogP) is 3.89. The Morgan fingerprint density at radius 1 is 1.04 bits per heavy atom. The lowest BCUT2D eigenvalue weighted by atomic mass is 10.1. The normalized spacial score (nSPS) is 12.9. The van der Waals surface area contributed by atoms with E-state index in [1.165, 1.54) is 30.8 Å². The van der Waals surface area contributed by atoms with Gasteiger partial charge in [0, 0.05) is 22.6 Å². The first kappa shape index (κ1) is 18.7. The number of thioether (sulfide) groups is 1. The molecule has 0 N–H and O–H groups in total. The van der Waals surface area contributed by atoms with Crippen molar-refractivity contribution in [3.63, 3.8) is 0 Å². The van der Waals surface area contributed by atoms with Gasteiger partial charge in [-0.1, -0.05) is 30.3 Å². The molecule has 0 heterocycles. The lowest BCUT2D eigenvalue weighted by Gasteiger charge is -2.16. The van der Waals surface area contributed by atoms with Gasteiger partial charge in [0.2, 0.25) is 5.78 Å². The van der Waals surface area contributed by atoms with Crippen LogP contribution in [0.15, 0.2) is 59.5 Å². The van der Waals surface area contributed by atoms with Crippen LogP contribution >= 0.6 is 11.8 Å². The van der Waals surface area contributed by atoms with Gasteiger partial charge >= 0.3 is 5.97 Å². The number of non-ortho nitro benzene ring substituents is 1. The minimum atomic E-state index is -0.880. The van der Waals surface area contributed by atoms with Gasteiger partial charge in [0.15, 0.2) is 6.10 Å². The Morgan fingerprint density at radius 3 is 2.20 bits per heavy atom. The number of rotatable bonds is 7. The molecule has 2 aromatic carbocycles. The number of carbonyl (C=O) groups excluding carboxylic acids is 2. The molecule has 0 spiro atoms. The van der Waals surface area contributed by atoms with Gasteiger partial charge < -0.3 is 4.74 Å². The molecular weight excluding hydrogens is 342 g/mol. The van der Waals surface area contributed by atoms with E-state index in [2.05, 4.69) is 0 Å². The summed E-state index contributed by atoms with van der Waals surface area (Å²) in [6, 6.07) is 14.5. The number of hydrogen-bond acceptors (Lipinski definition) is 6. The van der Waals surface area contributed by atoms with Crippen LogP contribution in [-0.2, 0) is 9.53 Å². The monoisotopic (exact) mass is 359 g/mol. The number of ether oxygens (including phenoxy) is 1. The van der Waals surface area contributed by atoms with Gasteiger partial charge in [-0.05, 0) is 26.0 Å². The second-order valence-electron chi connectivity index (χ2n) is 5.32. The van der Waals surface area contributed by atoms with Crippen LogP contribution in [0.5, 0.6) is 0 Å². The molecule has 2 unspecified atom stereocenters. The molecule has 0 aliphatic heterocycles. The van der Waals surface area contributed by atoms with Crippen LogP contribution in [0.25, 0.3) is 0 Å². The highest BCUT2D eigenvalue weighted by Crippen LogP contribution is 2.26. The first-order valence-corrected chi connectivity index (χ1v) is 8.47. The van der Waals surface area contributed by atoms with E-state index in [1.807, 2.05) is 0 Å². The average molecular weight is 359 g/mol. The topological polar surface area (TPSA) is 86.5 Å². The molecule has 2 rings (SSSR count). The third kappa shape index (κ3) is 5.15. The fourth-order valence-corrected chi connectivity index (χ4v) is 2.91. The quantitative estimate of drug-likeness (QED) is 0.245.